The summed E-state index contributed by atoms with van der Waals surface area (Å²) in [5.41, 5.74) is -0.315. The van der Waals surface area contributed by atoms with E-state index in [0.29, 0.717) is 32.0 Å². The van der Waals surface area contributed by atoms with E-state index in [1.807, 2.05) is 51.1 Å². The molecule has 1 fully saturated rings. The Labute approximate surface area is 248 Å². The highest BCUT2D eigenvalue weighted by Crippen LogP contribution is 2.30. The lowest BCUT2D eigenvalue weighted by Crippen LogP contribution is -2.44. The number of hydrogen-bond acceptors (Lipinski definition) is 8. The molecule has 0 bridgehead atoms. The van der Waals surface area contributed by atoms with Crippen LogP contribution in [-0.2, 0) is 22.6 Å². The third kappa shape index (κ3) is 8.67. The van der Waals surface area contributed by atoms with Crippen LogP contribution in [0.15, 0.2) is 47.5 Å². The number of carbonyl (C=O) groups is 2. The minimum atomic E-state index is -0.581. The SMILES string of the molecule is CC(C)(C)OC(=O)N(CCCNc1ncc(Cl)n(CC(=O)N(Cc2ccccc2)n2nncc2Cl)c1=O)CC1CC1. The molecule has 3 aromatic rings. The molecule has 2 amide bonds. The molecule has 2 aromatic heterocycles. The smallest absolute Gasteiger partial charge is 0.410 e. The van der Waals surface area contributed by atoms with Crippen molar-refractivity contribution in [1.82, 2.24) is 29.6 Å². The molecule has 0 aliphatic heterocycles. The first kappa shape index (κ1) is 30.3. The van der Waals surface area contributed by atoms with Gasteiger partial charge >= 0.3 is 6.09 Å². The Bertz CT molecular complexity index is 1400. The summed E-state index contributed by atoms with van der Waals surface area (Å²) < 4.78 is 6.68. The van der Waals surface area contributed by atoms with Crippen LogP contribution in [0, 0.1) is 5.92 Å². The van der Waals surface area contributed by atoms with Crippen molar-refractivity contribution in [2.75, 3.05) is 30.0 Å². The molecule has 14 heteroatoms. The van der Waals surface area contributed by atoms with Crippen LogP contribution < -0.4 is 15.9 Å². The molecule has 41 heavy (non-hydrogen) atoms. The van der Waals surface area contributed by atoms with Gasteiger partial charge in [0.15, 0.2) is 11.0 Å². The van der Waals surface area contributed by atoms with E-state index >= 15 is 0 Å². The minimum absolute atomic E-state index is 0.00113. The third-order valence-corrected chi connectivity index (χ3v) is 6.76. The van der Waals surface area contributed by atoms with Gasteiger partial charge < -0.3 is 15.0 Å². The number of hydrogen-bond donors (Lipinski definition) is 1. The highest BCUT2D eigenvalue weighted by molar-refractivity contribution is 6.30. The normalized spacial score (nSPS) is 13.1. The molecule has 2 heterocycles. The number of nitrogens with zero attached hydrogens (tertiary/aromatic N) is 7. The molecule has 0 spiro atoms. The van der Waals surface area contributed by atoms with Gasteiger partial charge in [0.1, 0.15) is 17.3 Å². The number of carbonyl (C=O) groups excluding carboxylic acids is 2. The second kappa shape index (κ2) is 13.3. The predicted octanol–water partition coefficient (Wildman–Crippen LogP) is 3.96. The number of halogens is 2. The Kier molecular flexibility index (Phi) is 9.87. The second-order valence-electron chi connectivity index (χ2n) is 10.9. The Hall–Kier alpha value is -3.64. The number of benzene rings is 1. The molecular weight excluding hydrogens is 571 g/mol. The number of amides is 2. The summed E-state index contributed by atoms with van der Waals surface area (Å²) in [5, 5.41) is 12.1. The van der Waals surface area contributed by atoms with Crippen LogP contribution in [0.25, 0.3) is 0 Å². The van der Waals surface area contributed by atoms with Crippen molar-refractivity contribution in [3.8, 4) is 0 Å². The quantitative estimate of drug-likeness (QED) is 0.308. The molecule has 1 aliphatic carbocycles. The van der Waals surface area contributed by atoms with Crippen LogP contribution in [0.5, 0.6) is 0 Å². The van der Waals surface area contributed by atoms with Crippen molar-refractivity contribution in [2.45, 2.75) is 58.7 Å². The highest BCUT2D eigenvalue weighted by Gasteiger charge is 2.29. The van der Waals surface area contributed by atoms with Gasteiger partial charge in [-0.1, -0.05) is 53.5 Å². The number of anilines is 1. The Balaban J connectivity index is 1.42. The van der Waals surface area contributed by atoms with Crippen LogP contribution in [0.4, 0.5) is 10.6 Å². The fraction of sp³-hybridized carbons (Fsp3) is 0.481. The summed E-state index contributed by atoms with van der Waals surface area (Å²) in [7, 11) is 0. The summed E-state index contributed by atoms with van der Waals surface area (Å²) in [6.07, 6.45) is 5.05. The van der Waals surface area contributed by atoms with Crippen molar-refractivity contribution in [1.29, 1.82) is 0 Å². The average molecular weight is 606 g/mol. The van der Waals surface area contributed by atoms with Gasteiger partial charge in [-0.3, -0.25) is 14.2 Å². The molecule has 1 saturated carbocycles. The van der Waals surface area contributed by atoms with Gasteiger partial charge in [-0.25, -0.2) is 14.8 Å². The van der Waals surface area contributed by atoms with Crippen molar-refractivity contribution in [3.63, 3.8) is 0 Å². The standard InChI is InChI=1S/C27H34Cl2N8O4/c1-27(2,3)41-26(40)34(16-20-10-11-20)13-7-12-30-24-25(39)35(21(28)14-31-24)18-23(38)36(37-22(29)15-32-33-37)17-19-8-5-4-6-9-19/h4-6,8-9,14-15,20H,7,10-13,16-18H2,1-3H3,(H,30,31). The Morgan fingerprint density at radius 1 is 1.12 bits per heavy atom. The lowest BCUT2D eigenvalue weighted by molar-refractivity contribution is -0.121. The number of aromatic nitrogens is 5. The van der Waals surface area contributed by atoms with Gasteiger partial charge in [0.25, 0.3) is 11.5 Å². The first-order valence-electron chi connectivity index (χ1n) is 13.4. The molecule has 0 unspecified atom stereocenters. The van der Waals surface area contributed by atoms with E-state index in [1.165, 1.54) is 22.2 Å². The van der Waals surface area contributed by atoms with E-state index < -0.39 is 17.1 Å². The van der Waals surface area contributed by atoms with E-state index in [2.05, 4.69) is 20.6 Å². The zero-order valence-corrected chi connectivity index (χ0v) is 24.8. The van der Waals surface area contributed by atoms with E-state index in [0.717, 1.165) is 23.0 Å². The molecular formula is C27H34Cl2N8O4. The first-order valence-corrected chi connectivity index (χ1v) is 14.2. The summed E-state index contributed by atoms with van der Waals surface area (Å²) >= 11 is 12.5. The number of nitrogens with one attached hydrogen (secondary N) is 1. The van der Waals surface area contributed by atoms with E-state index in [4.69, 9.17) is 27.9 Å². The zero-order valence-electron chi connectivity index (χ0n) is 23.3. The molecule has 0 atom stereocenters. The van der Waals surface area contributed by atoms with Crippen molar-refractivity contribution < 1.29 is 14.3 Å². The molecule has 1 aliphatic rings. The lowest BCUT2D eigenvalue weighted by atomic mass is 10.2. The van der Waals surface area contributed by atoms with Crippen molar-refractivity contribution in [3.05, 3.63) is 68.9 Å². The second-order valence-corrected chi connectivity index (χ2v) is 11.6. The van der Waals surface area contributed by atoms with Crippen LogP contribution >= 0.6 is 23.2 Å². The topological polar surface area (TPSA) is 127 Å². The van der Waals surface area contributed by atoms with Crippen molar-refractivity contribution in [2.24, 2.45) is 5.92 Å². The largest absolute Gasteiger partial charge is 0.444 e. The summed E-state index contributed by atoms with van der Waals surface area (Å²) in [6, 6.07) is 9.27. The maximum absolute atomic E-state index is 13.4. The third-order valence-electron chi connectivity index (χ3n) is 6.21. The summed E-state index contributed by atoms with van der Waals surface area (Å²) in [4.78, 5) is 46.4. The number of rotatable bonds is 12. The average Bonchev–Trinajstić information content (AvgIpc) is 3.64. The molecule has 0 saturated heterocycles. The van der Waals surface area contributed by atoms with Gasteiger partial charge in [-0.15, -0.1) is 9.89 Å². The zero-order chi connectivity index (χ0) is 29.6. The predicted molar refractivity (Wildman–Crippen MR) is 156 cm³/mol. The first-order chi connectivity index (χ1) is 19.5. The maximum atomic E-state index is 13.4. The number of ether oxygens (including phenoxy) is 1. The summed E-state index contributed by atoms with van der Waals surface area (Å²) in [6.45, 7) is 6.76. The fourth-order valence-corrected chi connectivity index (χ4v) is 4.38. The van der Waals surface area contributed by atoms with Crippen LogP contribution in [0.2, 0.25) is 10.3 Å². The lowest BCUT2D eigenvalue weighted by Gasteiger charge is -2.27. The monoisotopic (exact) mass is 604 g/mol. The van der Waals surface area contributed by atoms with Gasteiger partial charge in [0.2, 0.25) is 0 Å². The van der Waals surface area contributed by atoms with Crippen LogP contribution in [0.1, 0.15) is 45.6 Å². The molecule has 1 N–H and O–H groups in total. The molecule has 220 valence electrons. The van der Waals surface area contributed by atoms with Crippen LogP contribution in [0.3, 0.4) is 0 Å². The van der Waals surface area contributed by atoms with Gasteiger partial charge in [-0.05, 0) is 56.7 Å². The van der Waals surface area contributed by atoms with E-state index in [1.54, 1.807) is 4.90 Å². The van der Waals surface area contributed by atoms with Gasteiger partial charge in [0, 0.05) is 19.6 Å². The minimum Gasteiger partial charge on any atom is -0.444 e. The summed E-state index contributed by atoms with van der Waals surface area (Å²) in [5.74, 6) is 0.0594. The fourth-order valence-electron chi connectivity index (χ4n) is 4.02. The Morgan fingerprint density at radius 3 is 2.49 bits per heavy atom. The molecule has 0 radical (unpaired) electrons. The molecule has 4 rings (SSSR count). The molecule has 12 nitrogen and oxygen atoms in total. The Morgan fingerprint density at radius 2 is 1.85 bits per heavy atom. The molecule has 1 aromatic carbocycles. The van der Waals surface area contributed by atoms with E-state index in [9.17, 15) is 14.4 Å². The van der Waals surface area contributed by atoms with E-state index in [-0.39, 0.29) is 35.3 Å². The highest BCUT2D eigenvalue weighted by atomic mass is 35.5. The maximum Gasteiger partial charge on any atom is 0.410 e. The van der Waals surface area contributed by atoms with Crippen molar-refractivity contribution >= 4 is 41.0 Å². The van der Waals surface area contributed by atoms with Crippen LogP contribution in [-0.4, -0.2) is 66.8 Å². The van der Waals surface area contributed by atoms with Gasteiger partial charge in [0.05, 0.1) is 18.9 Å². The van der Waals surface area contributed by atoms with Gasteiger partial charge in [-0.2, -0.15) is 0 Å².